The lowest BCUT2D eigenvalue weighted by atomic mass is 9.87. The summed E-state index contributed by atoms with van der Waals surface area (Å²) in [6, 6.07) is 7.31. The number of nitrogens with one attached hydrogen (secondary N) is 2. The second kappa shape index (κ2) is 7.78. The second-order valence-corrected chi connectivity index (χ2v) is 8.31. The van der Waals surface area contributed by atoms with Crippen LogP contribution in [0, 0.1) is 12.8 Å². The Morgan fingerprint density at radius 2 is 1.93 bits per heavy atom. The lowest BCUT2D eigenvalue weighted by molar-refractivity contribution is 0.0920. The van der Waals surface area contributed by atoms with Crippen LogP contribution in [-0.4, -0.2) is 23.0 Å². The van der Waals surface area contributed by atoms with Crippen LogP contribution in [0.1, 0.15) is 83.5 Å². The Labute approximate surface area is 165 Å². The van der Waals surface area contributed by atoms with Gasteiger partial charge in [-0.15, -0.1) is 0 Å². The molecule has 2 atom stereocenters. The lowest BCUT2D eigenvalue weighted by Gasteiger charge is -2.27. The second-order valence-electron chi connectivity index (χ2n) is 8.31. The molecule has 2 fully saturated rings. The van der Waals surface area contributed by atoms with Crippen LogP contribution in [0.25, 0.3) is 0 Å². The molecule has 2 amide bonds. The van der Waals surface area contributed by atoms with Crippen molar-refractivity contribution in [2.45, 2.75) is 64.3 Å². The van der Waals surface area contributed by atoms with Crippen molar-refractivity contribution in [1.29, 1.82) is 0 Å². The molecule has 2 saturated carbocycles. The van der Waals surface area contributed by atoms with Gasteiger partial charge in [0.15, 0.2) is 5.69 Å². The zero-order valence-electron chi connectivity index (χ0n) is 16.5. The zero-order chi connectivity index (χ0) is 19.7. The van der Waals surface area contributed by atoms with Gasteiger partial charge in [-0.3, -0.25) is 9.59 Å². The highest BCUT2D eigenvalue weighted by molar-refractivity contribution is 6.03. The van der Waals surface area contributed by atoms with Crippen molar-refractivity contribution >= 4 is 17.5 Å². The van der Waals surface area contributed by atoms with E-state index in [-0.39, 0.29) is 23.6 Å². The van der Waals surface area contributed by atoms with Crippen molar-refractivity contribution in [2.24, 2.45) is 5.92 Å². The van der Waals surface area contributed by atoms with Crippen molar-refractivity contribution in [3.8, 4) is 0 Å². The van der Waals surface area contributed by atoms with Crippen molar-refractivity contribution < 1.29 is 14.1 Å². The fourth-order valence-electron chi connectivity index (χ4n) is 3.98. The Bertz CT molecular complexity index is 885. The number of hydrogen-bond donors (Lipinski definition) is 2. The molecule has 2 N–H and O–H groups in total. The minimum absolute atomic E-state index is 0.0416. The van der Waals surface area contributed by atoms with Crippen LogP contribution in [0.4, 0.5) is 5.69 Å². The molecular formula is C22H27N3O3. The summed E-state index contributed by atoms with van der Waals surface area (Å²) in [5, 5.41) is 9.86. The van der Waals surface area contributed by atoms with Gasteiger partial charge in [0.05, 0.1) is 0 Å². The number of aryl methyl sites for hydroxylation is 1. The van der Waals surface area contributed by atoms with E-state index in [1.54, 1.807) is 18.2 Å². The van der Waals surface area contributed by atoms with E-state index in [4.69, 9.17) is 4.52 Å². The Balaban J connectivity index is 1.39. The predicted molar refractivity (Wildman–Crippen MR) is 106 cm³/mol. The molecular weight excluding hydrogens is 354 g/mol. The Morgan fingerprint density at radius 1 is 1.11 bits per heavy atom. The van der Waals surface area contributed by atoms with Gasteiger partial charge in [-0.1, -0.05) is 24.9 Å². The number of amides is 2. The third kappa shape index (κ3) is 4.26. The van der Waals surface area contributed by atoms with Crippen molar-refractivity contribution in [3.05, 3.63) is 46.8 Å². The van der Waals surface area contributed by atoms with Crippen LogP contribution in [0.15, 0.2) is 28.8 Å². The molecule has 2 aliphatic rings. The first-order chi connectivity index (χ1) is 13.5. The van der Waals surface area contributed by atoms with Gasteiger partial charge >= 0.3 is 0 Å². The molecule has 6 nitrogen and oxygen atoms in total. The lowest BCUT2D eigenvalue weighted by Crippen LogP contribution is -2.38. The van der Waals surface area contributed by atoms with Gasteiger partial charge in [0.25, 0.3) is 11.8 Å². The van der Waals surface area contributed by atoms with E-state index in [0.717, 1.165) is 37.0 Å². The van der Waals surface area contributed by atoms with Gasteiger partial charge in [-0.05, 0) is 62.3 Å². The average Bonchev–Trinajstić information content (AvgIpc) is 3.38. The van der Waals surface area contributed by atoms with Gasteiger partial charge in [0.1, 0.15) is 5.76 Å². The standard InChI is InChI=1S/C22H27N3O3/c1-13-4-3-5-16(10-13)23-21(26)18-9-8-17(11-14(18)2)24-22(27)19-12-20(28-25-19)15-6-7-15/h8-9,11-13,15-16H,3-7,10H2,1-2H3,(H,23,26)(H,24,27). The highest BCUT2D eigenvalue weighted by Crippen LogP contribution is 2.40. The molecule has 28 heavy (non-hydrogen) atoms. The van der Waals surface area contributed by atoms with E-state index in [1.807, 2.05) is 13.0 Å². The number of aromatic nitrogens is 1. The van der Waals surface area contributed by atoms with Crippen LogP contribution in [-0.2, 0) is 0 Å². The van der Waals surface area contributed by atoms with Crippen molar-refractivity contribution in [2.75, 3.05) is 5.32 Å². The van der Waals surface area contributed by atoms with E-state index in [0.29, 0.717) is 23.1 Å². The van der Waals surface area contributed by atoms with Crippen LogP contribution >= 0.6 is 0 Å². The first-order valence-corrected chi connectivity index (χ1v) is 10.2. The summed E-state index contributed by atoms with van der Waals surface area (Å²) >= 11 is 0. The fraction of sp³-hybridized carbons (Fsp3) is 0.500. The Morgan fingerprint density at radius 3 is 2.64 bits per heavy atom. The summed E-state index contributed by atoms with van der Waals surface area (Å²) in [7, 11) is 0. The van der Waals surface area contributed by atoms with Crippen LogP contribution < -0.4 is 10.6 Å². The minimum Gasteiger partial charge on any atom is -0.360 e. The Kier molecular flexibility index (Phi) is 5.20. The minimum atomic E-state index is -0.302. The molecule has 6 heteroatoms. The third-order valence-corrected chi connectivity index (χ3v) is 5.74. The number of hydrogen-bond acceptors (Lipinski definition) is 4. The number of carbonyl (C=O) groups is 2. The maximum atomic E-state index is 12.6. The summed E-state index contributed by atoms with van der Waals surface area (Å²) < 4.78 is 5.24. The highest BCUT2D eigenvalue weighted by Gasteiger charge is 2.29. The predicted octanol–water partition coefficient (Wildman–Crippen LogP) is 4.42. The summed E-state index contributed by atoms with van der Waals surface area (Å²) in [5.74, 6) is 1.52. The SMILES string of the molecule is Cc1cc(NC(=O)c2cc(C3CC3)on2)ccc1C(=O)NC1CCCC(C)C1. The molecule has 0 saturated heterocycles. The maximum absolute atomic E-state index is 12.6. The molecule has 0 bridgehead atoms. The van der Waals surface area contributed by atoms with Gasteiger partial charge in [-0.25, -0.2) is 0 Å². The topological polar surface area (TPSA) is 84.2 Å². The average molecular weight is 381 g/mol. The quantitative estimate of drug-likeness (QED) is 0.803. The number of rotatable bonds is 5. The molecule has 1 aromatic carbocycles. The van der Waals surface area contributed by atoms with E-state index in [1.165, 1.54) is 12.8 Å². The molecule has 1 aromatic heterocycles. The normalized spacial score (nSPS) is 21.9. The molecule has 1 heterocycles. The van der Waals surface area contributed by atoms with Gasteiger partial charge in [0, 0.05) is 29.3 Å². The third-order valence-electron chi connectivity index (χ3n) is 5.74. The summed E-state index contributed by atoms with van der Waals surface area (Å²) in [4.78, 5) is 25.0. The largest absolute Gasteiger partial charge is 0.360 e. The van der Waals surface area contributed by atoms with E-state index in [2.05, 4.69) is 22.7 Å². The summed E-state index contributed by atoms with van der Waals surface area (Å²) in [6.07, 6.45) is 6.69. The molecule has 0 radical (unpaired) electrons. The van der Waals surface area contributed by atoms with Crippen LogP contribution in [0.2, 0.25) is 0 Å². The molecule has 2 aliphatic carbocycles. The number of nitrogens with zero attached hydrogens (tertiary/aromatic N) is 1. The van der Waals surface area contributed by atoms with Crippen LogP contribution in [0.5, 0.6) is 0 Å². The van der Waals surface area contributed by atoms with E-state index < -0.39 is 0 Å². The first kappa shape index (κ1) is 18.7. The zero-order valence-corrected chi connectivity index (χ0v) is 16.5. The summed E-state index contributed by atoms with van der Waals surface area (Å²) in [5.41, 5.74) is 2.40. The van der Waals surface area contributed by atoms with Crippen molar-refractivity contribution in [3.63, 3.8) is 0 Å². The maximum Gasteiger partial charge on any atom is 0.277 e. The van der Waals surface area contributed by atoms with Gasteiger partial charge < -0.3 is 15.2 Å². The Hall–Kier alpha value is -2.63. The number of benzene rings is 1. The van der Waals surface area contributed by atoms with E-state index >= 15 is 0 Å². The fourth-order valence-corrected chi connectivity index (χ4v) is 3.98. The van der Waals surface area contributed by atoms with Gasteiger partial charge in [0.2, 0.25) is 0 Å². The number of carbonyl (C=O) groups excluding carboxylic acids is 2. The van der Waals surface area contributed by atoms with Gasteiger partial charge in [-0.2, -0.15) is 0 Å². The monoisotopic (exact) mass is 381 g/mol. The van der Waals surface area contributed by atoms with E-state index in [9.17, 15) is 9.59 Å². The molecule has 4 rings (SSSR count). The summed E-state index contributed by atoms with van der Waals surface area (Å²) in [6.45, 7) is 4.12. The molecule has 2 aromatic rings. The molecule has 0 aliphatic heterocycles. The number of anilines is 1. The van der Waals surface area contributed by atoms with Crippen LogP contribution in [0.3, 0.4) is 0 Å². The first-order valence-electron chi connectivity index (χ1n) is 10.2. The molecule has 148 valence electrons. The van der Waals surface area contributed by atoms with Crippen molar-refractivity contribution in [1.82, 2.24) is 10.5 Å². The highest BCUT2D eigenvalue weighted by atomic mass is 16.5. The molecule has 0 spiro atoms. The smallest absolute Gasteiger partial charge is 0.277 e. The molecule has 2 unspecified atom stereocenters.